The van der Waals surface area contributed by atoms with Crippen molar-refractivity contribution in [3.05, 3.63) is 313 Å². The first-order valence-corrected chi connectivity index (χ1v) is 26.0. The van der Waals surface area contributed by atoms with Crippen LogP contribution in [0.25, 0.3) is 94.3 Å². The van der Waals surface area contributed by atoms with Crippen LogP contribution in [0.15, 0.2) is 291 Å². The van der Waals surface area contributed by atoms with E-state index in [9.17, 15) is 0 Å². The topological polar surface area (TPSA) is 8.17 Å². The van der Waals surface area contributed by atoms with Crippen LogP contribution in [0.5, 0.6) is 0 Å². The lowest BCUT2D eigenvalue weighted by atomic mass is 9.65. The van der Waals surface area contributed by atoms with E-state index in [1.54, 1.807) is 0 Å². The number of rotatable bonds is 8. The van der Waals surface area contributed by atoms with Gasteiger partial charge in [-0.25, -0.2) is 0 Å². The van der Waals surface area contributed by atoms with Gasteiger partial charge in [-0.05, 0) is 120 Å². The van der Waals surface area contributed by atoms with Gasteiger partial charge >= 0.3 is 0 Å². The van der Waals surface area contributed by atoms with Crippen LogP contribution >= 0.6 is 0 Å². The number of hydrogen-bond donors (Lipinski definition) is 0. The Labute approximate surface area is 437 Å². The fourth-order valence-corrected chi connectivity index (χ4v) is 12.8. The molecule has 15 rings (SSSR count). The van der Waals surface area contributed by atoms with Crippen LogP contribution in [0.3, 0.4) is 0 Å². The van der Waals surface area contributed by atoms with Gasteiger partial charge in [0.05, 0.1) is 33.5 Å². The Kier molecular flexibility index (Phi) is 9.83. The standard InChI is InChI=1S/C73H48N2/c1-3-20-49(21-4-1)51-40-42-52(43-41-51)57-26-8-13-36-67(57)74(68-37-14-9-27-58(68)55-25-17-24-54(48-55)50-22-5-2-6-23-50)56-46-44-53(45-47-56)59-30-18-34-65-71(59)62-29-7-11-32-63(62)73(65)64-33-12-16-39-70(64)75-69-38-15-10-28-60(69)61-31-19-35-66(73)72(61)75/h1-48H. The SMILES string of the molecule is c1ccc(-c2ccc(-c3ccccc3N(c3ccc(-c4cccc5c4-c4ccccc4C54c5ccccc5-n5c6ccccc6c6cccc4c65)cc3)c3ccccc3-c3cccc(-c4ccccc4)c3)cc2)cc1. The molecule has 1 aromatic heterocycles. The Hall–Kier alpha value is -9.76. The molecule has 1 aliphatic carbocycles. The van der Waals surface area contributed by atoms with E-state index in [-0.39, 0.29) is 0 Å². The molecule has 1 atom stereocenters. The van der Waals surface area contributed by atoms with Crippen molar-refractivity contribution in [2.45, 2.75) is 5.41 Å². The molecule has 1 aliphatic heterocycles. The maximum Gasteiger partial charge on any atom is 0.0754 e. The van der Waals surface area contributed by atoms with E-state index in [1.165, 1.54) is 94.3 Å². The third kappa shape index (κ3) is 6.53. The molecule has 0 amide bonds. The number of anilines is 3. The van der Waals surface area contributed by atoms with Gasteiger partial charge in [0, 0.05) is 27.6 Å². The molecule has 0 radical (unpaired) electrons. The monoisotopic (exact) mass is 952 g/mol. The molecule has 1 spiro atoms. The van der Waals surface area contributed by atoms with Crippen LogP contribution < -0.4 is 4.90 Å². The Morgan fingerprint density at radius 2 is 0.747 bits per heavy atom. The Morgan fingerprint density at radius 3 is 1.51 bits per heavy atom. The van der Waals surface area contributed by atoms with Crippen LogP contribution in [0.2, 0.25) is 0 Å². The van der Waals surface area contributed by atoms with Gasteiger partial charge in [0.1, 0.15) is 0 Å². The highest BCUT2D eigenvalue weighted by Gasteiger charge is 2.51. The highest BCUT2D eigenvalue weighted by Crippen LogP contribution is 2.62. The smallest absolute Gasteiger partial charge is 0.0754 e. The van der Waals surface area contributed by atoms with E-state index in [2.05, 4.69) is 301 Å². The van der Waals surface area contributed by atoms with Crippen LogP contribution in [0.4, 0.5) is 17.1 Å². The van der Waals surface area contributed by atoms with Crippen LogP contribution in [-0.4, -0.2) is 4.57 Å². The number of aromatic nitrogens is 1. The fourth-order valence-electron chi connectivity index (χ4n) is 12.8. The largest absolute Gasteiger partial charge is 0.309 e. The van der Waals surface area contributed by atoms with Crippen molar-refractivity contribution in [3.63, 3.8) is 0 Å². The normalized spacial score (nSPS) is 13.9. The first-order valence-electron chi connectivity index (χ1n) is 26.0. The molecule has 2 aliphatic rings. The Bertz CT molecular complexity index is 4340. The first-order chi connectivity index (χ1) is 37.2. The molecule has 0 N–H and O–H groups in total. The van der Waals surface area contributed by atoms with Gasteiger partial charge in [-0.1, -0.05) is 249 Å². The zero-order valence-corrected chi connectivity index (χ0v) is 41.1. The molecule has 0 fully saturated rings. The number of nitrogens with zero attached hydrogens (tertiary/aromatic N) is 2. The Morgan fingerprint density at radius 1 is 0.280 bits per heavy atom. The lowest BCUT2D eigenvalue weighted by Crippen LogP contribution is -2.33. The minimum absolute atomic E-state index is 0.524. The van der Waals surface area contributed by atoms with E-state index in [0.717, 1.165) is 39.3 Å². The number of fused-ring (bicyclic) bond motifs is 12. The highest BCUT2D eigenvalue weighted by molar-refractivity contribution is 6.13. The average Bonchev–Trinajstić information content (AvgIpc) is 4.22. The molecule has 12 aromatic carbocycles. The summed E-state index contributed by atoms with van der Waals surface area (Å²) < 4.78 is 2.52. The van der Waals surface area contributed by atoms with Gasteiger partial charge in [0.25, 0.3) is 0 Å². The minimum atomic E-state index is -0.524. The van der Waals surface area contributed by atoms with Crippen LogP contribution in [0, 0.1) is 0 Å². The minimum Gasteiger partial charge on any atom is -0.309 e. The van der Waals surface area contributed by atoms with Gasteiger partial charge in [0.2, 0.25) is 0 Å². The molecular weight excluding hydrogens is 905 g/mol. The summed E-state index contributed by atoms with van der Waals surface area (Å²) in [5, 5.41) is 2.57. The second kappa shape index (κ2) is 17.2. The lowest BCUT2D eigenvalue weighted by molar-refractivity contribution is 0.748. The van der Waals surface area contributed by atoms with E-state index >= 15 is 0 Å². The van der Waals surface area contributed by atoms with Crippen molar-refractivity contribution >= 4 is 38.9 Å². The summed E-state index contributed by atoms with van der Waals surface area (Å²) in [4.78, 5) is 2.47. The average molecular weight is 953 g/mol. The molecule has 0 saturated carbocycles. The van der Waals surface area contributed by atoms with Crippen molar-refractivity contribution in [1.29, 1.82) is 0 Å². The first kappa shape index (κ1) is 42.9. The van der Waals surface area contributed by atoms with Crippen molar-refractivity contribution in [2.24, 2.45) is 0 Å². The lowest BCUT2D eigenvalue weighted by Gasteiger charge is -2.39. The molecule has 0 saturated heterocycles. The Balaban J connectivity index is 0.910. The van der Waals surface area contributed by atoms with E-state index < -0.39 is 5.41 Å². The maximum absolute atomic E-state index is 2.52. The van der Waals surface area contributed by atoms with Crippen LogP contribution in [-0.2, 0) is 5.41 Å². The number of para-hydroxylation sites is 5. The quantitative estimate of drug-likeness (QED) is 0.147. The van der Waals surface area contributed by atoms with Gasteiger partial charge in [-0.3, -0.25) is 0 Å². The molecule has 13 aromatic rings. The molecule has 75 heavy (non-hydrogen) atoms. The van der Waals surface area contributed by atoms with Crippen molar-refractivity contribution in [2.75, 3.05) is 4.90 Å². The molecule has 2 heterocycles. The van der Waals surface area contributed by atoms with Crippen molar-refractivity contribution in [1.82, 2.24) is 4.57 Å². The zero-order valence-electron chi connectivity index (χ0n) is 41.1. The molecule has 1 unspecified atom stereocenters. The summed E-state index contributed by atoms with van der Waals surface area (Å²) in [6, 6.07) is 108. The molecular formula is C73H48N2. The van der Waals surface area contributed by atoms with E-state index in [4.69, 9.17) is 0 Å². The van der Waals surface area contributed by atoms with Gasteiger partial charge in [0.15, 0.2) is 0 Å². The van der Waals surface area contributed by atoms with Crippen molar-refractivity contribution < 1.29 is 0 Å². The predicted molar refractivity (Wildman–Crippen MR) is 314 cm³/mol. The second-order valence-corrected chi connectivity index (χ2v) is 19.9. The summed E-state index contributed by atoms with van der Waals surface area (Å²) in [5.74, 6) is 0. The van der Waals surface area contributed by atoms with Crippen molar-refractivity contribution in [3.8, 4) is 72.4 Å². The summed E-state index contributed by atoms with van der Waals surface area (Å²) in [6.45, 7) is 0. The summed E-state index contributed by atoms with van der Waals surface area (Å²) >= 11 is 0. The van der Waals surface area contributed by atoms with Gasteiger partial charge in [-0.2, -0.15) is 0 Å². The molecule has 2 nitrogen and oxygen atoms in total. The molecule has 350 valence electrons. The summed E-state index contributed by atoms with van der Waals surface area (Å²) in [7, 11) is 0. The molecule has 2 heteroatoms. The van der Waals surface area contributed by atoms with Gasteiger partial charge in [-0.15, -0.1) is 0 Å². The predicted octanol–water partition coefficient (Wildman–Crippen LogP) is 19.3. The maximum atomic E-state index is 2.52. The zero-order chi connectivity index (χ0) is 49.5. The van der Waals surface area contributed by atoms with Gasteiger partial charge < -0.3 is 9.47 Å². The number of benzene rings is 12. The van der Waals surface area contributed by atoms with Crippen LogP contribution in [0.1, 0.15) is 22.3 Å². The third-order valence-electron chi connectivity index (χ3n) is 16.0. The summed E-state index contributed by atoms with van der Waals surface area (Å²) in [5.41, 5.74) is 26.2. The fraction of sp³-hybridized carbons (Fsp3) is 0.0137. The van der Waals surface area contributed by atoms with E-state index in [0.29, 0.717) is 0 Å². The number of hydrogen-bond acceptors (Lipinski definition) is 1. The third-order valence-corrected chi connectivity index (χ3v) is 16.0. The van der Waals surface area contributed by atoms with E-state index in [1.807, 2.05) is 0 Å². The second-order valence-electron chi connectivity index (χ2n) is 19.9. The summed E-state index contributed by atoms with van der Waals surface area (Å²) in [6.07, 6.45) is 0. The molecule has 0 bridgehead atoms. The highest BCUT2D eigenvalue weighted by atomic mass is 15.1.